The second-order valence-electron chi connectivity index (χ2n) is 13.7. The van der Waals surface area contributed by atoms with Crippen molar-refractivity contribution in [2.75, 3.05) is 6.61 Å². The summed E-state index contributed by atoms with van der Waals surface area (Å²) in [4.78, 5) is 0. The molecule has 0 amide bonds. The van der Waals surface area contributed by atoms with Gasteiger partial charge >= 0.3 is 51.4 Å². The van der Waals surface area contributed by atoms with Crippen molar-refractivity contribution in [2.45, 2.75) is 226 Å². The summed E-state index contributed by atoms with van der Waals surface area (Å²) in [5.74, 6) is 0.0155. The smallest absolute Gasteiger partial charge is 0.726 e. The molecule has 1 atom stereocenters. The van der Waals surface area contributed by atoms with E-state index in [-0.39, 0.29) is 63.9 Å². The fourth-order valence-electron chi connectivity index (χ4n) is 6.28. The second kappa shape index (κ2) is 39.7. The van der Waals surface area contributed by atoms with Crippen molar-refractivity contribution in [3.8, 4) is 0 Å². The number of rotatable bonds is 37. The first-order valence-electron chi connectivity index (χ1n) is 19.8. The van der Waals surface area contributed by atoms with Gasteiger partial charge in [-0.2, -0.15) is 0 Å². The monoisotopic (exact) mass is 681 g/mol. The fraction of sp³-hybridized carbons (Fsp3) is 0.949. The quantitative estimate of drug-likeness (QED) is 0.0215. The van der Waals surface area contributed by atoms with Crippen molar-refractivity contribution in [2.24, 2.45) is 5.92 Å². The summed E-state index contributed by atoms with van der Waals surface area (Å²) in [5, 5.41) is 0. The van der Waals surface area contributed by atoms with Crippen LogP contribution in [0, 0.1) is 5.92 Å². The summed E-state index contributed by atoms with van der Waals surface area (Å²) in [6.45, 7) is 4.54. The normalized spacial score (nSPS) is 12.6. The zero-order valence-corrected chi connectivity index (χ0v) is 34.8. The minimum absolute atomic E-state index is 0. The van der Waals surface area contributed by atoms with Crippen LogP contribution in [0.2, 0.25) is 0 Å². The average Bonchev–Trinajstić information content (AvgIpc) is 3.00. The third-order valence-electron chi connectivity index (χ3n) is 9.24. The van der Waals surface area contributed by atoms with Crippen LogP contribution >= 0.6 is 0 Å². The first-order valence-corrected chi connectivity index (χ1v) is 21.1. The van der Waals surface area contributed by atoms with E-state index in [1.165, 1.54) is 193 Å². The van der Waals surface area contributed by atoms with Gasteiger partial charge in [-0.15, -0.1) is 0 Å². The summed E-state index contributed by atoms with van der Waals surface area (Å²) in [7, 11) is -4.63. The molecule has 0 aromatic rings. The first-order chi connectivity index (χ1) is 21.5. The Morgan fingerprint density at radius 2 is 0.778 bits per heavy atom. The molecule has 0 saturated carbocycles. The van der Waals surface area contributed by atoms with Gasteiger partial charge in [0.1, 0.15) is 0 Å². The molecule has 0 aromatic heterocycles. The summed E-state index contributed by atoms with van der Waals surface area (Å²) >= 11 is 0. The van der Waals surface area contributed by atoms with E-state index >= 15 is 0 Å². The minimum Gasteiger partial charge on any atom is -0.726 e. The van der Waals surface area contributed by atoms with E-state index in [1.54, 1.807) is 0 Å². The Morgan fingerprint density at radius 1 is 0.489 bits per heavy atom. The van der Waals surface area contributed by atoms with Crippen LogP contribution in [0.3, 0.4) is 0 Å². The van der Waals surface area contributed by atoms with Gasteiger partial charge < -0.3 is 4.55 Å². The van der Waals surface area contributed by atoms with Gasteiger partial charge in [-0.25, -0.2) is 8.42 Å². The molecular formula is C39H77KO4S. The number of allylic oxidation sites excluding steroid dienone is 1. The van der Waals surface area contributed by atoms with E-state index in [0.717, 1.165) is 19.3 Å². The molecule has 1 unspecified atom stereocenters. The van der Waals surface area contributed by atoms with Crippen LogP contribution in [0.4, 0.5) is 0 Å². The van der Waals surface area contributed by atoms with Gasteiger partial charge in [-0.1, -0.05) is 219 Å². The summed E-state index contributed by atoms with van der Waals surface area (Å²) in [6.07, 6.45) is 48.2. The van der Waals surface area contributed by atoms with E-state index in [9.17, 15) is 13.0 Å². The molecule has 0 spiro atoms. The molecule has 0 radical (unpaired) electrons. The predicted octanol–water partition coefficient (Wildman–Crippen LogP) is 10.6. The van der Waals surface area contributed by atoms with Gasteiger partial charge in [0.25, 0.3) is 0 Å². The number of unbranched alkanes of at least 4 members (excludes halogenated alkanes) is 30. The molecule has 0 N–H and O–H groups in total. The van der Waals surface area contributed by atoms with Gasteiger partial charge in [-0.05, 0) is 19.3 Å². The van der Waals surface area contributed by atoms with E-state index in [4.69, 9.17) is 0 Å². The molecule has 6 heteroatoms. The molecule has 0 rings (SSSR count). The second-order valence-corrected chi connectivity index (χ2v) is 14.8. The predicted molar refractivity (Wildman–Crippen MR) is 192 cm³/mol. The standard InChI is InChI=1S/C39H78O4S.K/c1-3-5-7-9-11-13-15-17-19-20-21-23-25-27-29-31-33-35-37-39(38-43-44(40,41)42)36-34-32-30-28-26-24-22-18-16-14-12-10-8-6-4-2;/h34,36,39H,3-33,35,37-38H2,1-2H3,(H,40,41,42);/q;+1/p-1/b36-34+;. The Labute approximate surface area is 326 Å². The van der Waals surface area contributed by atoms with Crippen LogP contribution in [0.1, 0.15) is 226 Å². The van der Waals surface area contributed by atoms with Crippen molar-refractivity contribution >= 4 is 10.4 Å². The molecule has 0 aromatic carbocycles. The van der Waals surface area contributed by atoms with Gasteiger partial charge in [-0.3, -0.25) is 4.18 Å². The molecule has 264 valence electrons. The van der Waals surface area contributed by atoms with Gasteiger partial charge in [0.05, 0.1) is 6.61 Å². The maximum absolute atomic E-state index is 11.0. The molecule has 45 heavy (non-hydrogen) atoms. The molecule has 4 nitrogen and oxygen atoms in total. The fourth-order valence-corrected chi connectivity index (χ4v) is 6.62. The van der Waals surface area contributed by atoms with Crippen LogP contribution in [0.25, 0.3) is 0 Å². The molecule has 0 fully saturated rings. The van der Waals surface area contributed by atoms with E-state index < -0.39 is 10.4 Å². The van der Waals surface area contributed by atoms with Crippen LogP contribution in [0.15, 0.2) is 12.2 Å². The summed E-state index contributed by atoms with van der Waals surface area (Å²) in [6, 6.07) is 0. The molecule has 0 aliphatic carbocycles. The van der Waals surface area contributed by atoms with Crippen molar-refractivity contribution < 1.29 is 68.5 Å². The molecule has 0 bridgehead atoms. The van der Waals surface area contributed by atoms with E-state index in [1.807, 2.05) is 0 Å². The maximum atomic E-state index is 11.0. The Balaban J connectivity index is 0. The maximum Gasteiger partial charge on any atom is 1.00 e. The Bertz CT molecular complexity index is 683. The third-order valence-corrected chi connectivity index (χ3v) is 9.66. The first kappa shape index (κ1) is 48.4. The Hall–Kier alpha value is 1.25. The largest absolute Gasteiger partial charge is 1.00 e. The minimum atomic E-state index is -4.63. The van der Waals surface area contributed by atoms with Crippen LogP contribution in [0.5, 0.6) is 0 Å². The van der Waals surface area contributed by atoms with Gasteiger partial charge in [0.15, 0.2) is 0 Å². The van der Waals surface area contributed by atoms with Gasteiger partial charge in [0.2, 0.25) is 10.4 Å². The molecule has 0 aliphatic rings. The number of hydrogen-bond donors (Lipinski definition) is 0. The summed E-state index contributed by atoms with van der Waals surface area (Å²) in [5.41, 5.74) is 0. The Morgan fingerprint density at radius 3 is 1.09 bits per heavy atom. The Kier molecular flexibility index (Phi) is 42.6. The van der Waals surface area contributed by atoms with Crippen molar-refractivity contribution in [1.29, 1.82) is 0 Å². The number of hydrogen-bond acceptors (Lipinski definition) is 4. The SMILES string of the molecule is CCCCCCCCCCCCCCC/C=C/C(CCCCCCCCCCCCCCCCCCCC)COS(=O)(=O)[O-].[K+]. The third kappa shape index (κ3) is 43.2. The average molecular weight is 681 g/mol. The summed E-state index contributed by atoms with van der Waals surface area (Å²) < 4.78 is 37.6. The van der Waals surface area contributed by atoms with E-state index in [0.29, 0.717) is 0 Å². The molecular weight excluding hydrogens is 604 g/mol. The zero-order chi connectivity index (χ0) is 32.2. The van der Waals surface area contributed by atoms with E-state index in [2.05, 4.69) is 30.2 Å². The topological polar surface area (TPSA) is 66.4 Å². The van der Waals surface area contributed by atoms with Crippen LogP contribution in [-0.4, -0.2) is 19.6 Å². The van der Waals surface area contributed by atoms with Crippen LogP contribution in [-0.2, 0) is 14.6 Å². The van der Waals surface area contributed by atoms with Crippen molar-refractivity contribution in [1.82, 2.24) is 0 Å². The zero-order valence-electron chi connectivity index (χ0n) is 30.8. The van der Waals surface area contributed by atoms with Crippen molar-refractivity contribution in [3.05, 3.63) is 12.2 Å². The van der Waals surface area contributed by atoms with Crippen molar-refractivity contribution in [3.63, 3.8) is 0 Å². The molecule has 0 aliphatic heterocycles. The molecule has 0 saturated heterocycles. The molecule has 0 heterocycles. The van der Waals surface area contributed by atoms with Crippen LogP contribution < -0.4 is 51.4 Å². The van der Waals surface area contributed by atoms with Gasteiger partial charge in [0, 0.05) is 5.92 Å².